The number of halogens is 1. The molecular weight excluding hydrogens is 348 g/mol. The second kappa shape index (κ2) is 6.62. The molecule has 4 nitrogen and oxygen atoms in total. The van der Waals surface area contributed by atoms with Crippen LogP contribution < -0.4 is 5.73 Å². The highest BCUT2D eigenvalue weighted by Gasteiger charge is 2.15. The van der Waals surface area contributed by atoms with Crippen LogP contribution in [0.25, 0.3) is 0 Å². The number of thioether (sulfide) groups is 1. The minimum absolute atomic E-state index is 0.173. The highest BCUT2D eigenvalue weighted by Crippen LogP contribution is 2.30. The molecule has 0 bridgehead atoms. The molecule has 2 aromatic rings. The number of hydrogen-bond acceptors (Lipinski definition) is 5. The molecule has 1 aromatic heterocycles. The number of rotatable bonds is 3. The standard InChI is InChI=1S/C15H11BrN4S/c1-9-12(6-17)14(19)20-15(13(9)7-18)21-8-10-2-4-11(16)5-3-10/h2-5H,8H2,1H3,(H2,19,20). The SMILES string of the molecule is Cc1c(C#N)c(N)nc(SCc2ccc(Br)cc2)c1C#N. The Morgan fingerprint density at radius 3 is 2.38 bits per heavy atom. The number of hydrogen-bond donors (Lipinski definition) is 1. The monoisotopic (exact) mass is 358 g/mol. The molecule has 21 heavy (non-hydrogen) atoms. The minimum Gasteiger partial charge on any atom is -0.383 e. The second-order valence-corrected chi connectivity index (χ2v) is 6.20. The third-order valence-electron chi connectivity index (χ3n) is 2.95. The van der Waals surface area contributed by atoms with Crippen LogP contribution in [0.15, 0.2) is 33.8 Å². The summed E-state index contributed by atoms with van der Waals surface area (Å²) >= 11 is 4.83. The van der Waals surface area contributed by atoms with Crippen LogP contribution >= 0.6 is 27.7 Å². The molecule has 0 fully saturated rings. The summed E-state index contributed by atoms with van der Waals surface area (Å²) in [5.41, 5.74) is 8.19. The van der Waals surface area contributed by atoms with Crippen molar-refractivity contribution < 1.29 is 0 Å². The molecule has 104 valence electrons. The van der Waals surface area contributed by atoms with E-state index in [9.17, 15) is 5.26 Å². The molecule has 0 aliphatic heterocycles. The highest BCUT2D eigenvalue weighted by atomic mass is 79.9. The van der Waals surface area contributed by atoms with Gasteiger partial charge in [-0.1, -0.05) is 28.1 Å². The Hall–Kier alpha value is -2.02. The lowest BCUT2D eigenvalue weighted by atomic mass is 10.1. The second-order valence-electron chi connectivity index (χ2n) is 4.32. The molecular formula is C15H11BrN4S. The summed E-state index contributed by atoms with van der Waals surface area (Å²) in [6.07, 6.45) is 0. The average molecular weight is 359 g/mol. The molecule has 0 radical (unpaired) electrons. The topological polar surface area (TPSA) is 86.5 Å². The van der Waals surface area contributed by atoms with Crippen LogP contribution in [0.2, 0.25) is 0 Å². The Bertz CT molecular complexity index is 757. The third kappa shape index (κ3) is 3.36. The zero-order valence-electron chi connectivity index (χ0n) is 11.2. The van der Waals surface area contributed by atoms with Crippen molar-refractivity contribution in [3.8, 4) is 12.1 Å². The van der Waals surface area contributed by atoms with E-state index in [1.165, 1.54) is 11.8 Å². The molecule has 1 heterocycles. The van der Waals surface area contributed by atoms with Gasteiger partial charge >= 0.3 is 0 Å². The summed E-state index contributed by atoms with van der Waals surface area (Å²) < 4.78 is 1.02. The van der Waals surface area contributed by atoms with Crippen LogP contribution in [0.1, 0.15) is 22.3 Å². The van der Waals surface area contributed by atoms with E-state index in [1.807, 2.05) is 30.3 Å². The maximum absolute atomic E-state index is 9.28. The molecule has 0 amide bonds. The van der Waals surface area contributed by atoms with Gasteiger partial charge in [-0.25, -0.2) is 4.98 Å². The lowest BCUT2D eigenvalue weighted by Gasteiger charge is -2.09. The van der Waals surface area contributed by atoms with E-state index in [2.05, 4.69) is 27.0 Å². The number of nitrogens with zero attached hydrogens (tertiary/aromatic N) is 3. The van der Waals surface area contributed by atoms with E-state index in [1.54, 1.807) is 6.92 Å². The predicted molar refractivity (Wildman–Crippen MR) is 86.5 cm³/mol. The van der Waals surface area contributed by atoms with Crippen molar-refractivity contribution in [1.82, 2.24) is 4.98 Å². The number of nitrogen functional groups attached to an aromatic ring is 1. The summed E-state index contributed by atoms with van der Waals surface area (Å²) in [4.78, 5) is 4.19. The van der Waals surface area contributed by atoms with Gasteiger partial charge in [0.15, 0.2) is 0 Å². The van der Waals surface area contributed by atoms with Gasteiger partial charge in [0, 0.05) is 10.2 Å². The Labute approximate surface area is 135 Å². The van der Waals surface area contributed by atoms with Crippen molar-refractivity contribution in [2.75, 3.05) is 5.73 Å². The van der Waals surface area contributed by atoms with E-state index >= 15 is 0 Å². The molecule has 0 unspecified atom stereocenters. The molecule has 0 spiro atoms. The van der Waals surface area contributed by atoms with Gasteiger partial charge in [-0.05, 0) is 30.2 Å². The van der Waals surface area contributed by atoms with Crippen LogP contribution in [0.5, 0.6) is 0 Å². The van der Waals surface area contributed by atoms with E-state index in [4.69, 9.17) is 11.0 Å². The van der Waals surface area contributed by atoms with Gasteiger partial charge in [0.25, 0.3) is 0 Å². The van der Waals surface area contributed by atoms with Crippen molar-refractivity contribution in [3.05, 3.63) is 51.0 Å². The molecule has 1 aromatic carbocycles. The van der Waals surface area contributed by atoms with E-state index in [0.717, 1.165) is 10.0 Å². The normalized spacial score (nSPS) is 9.90. The quantitative estimate of drug-likeness (QED) is 0.843. The Balaban J connectivity index is 2.31. The molecule has 0 saturated carbocycles. The van der Waals surface area contributed by atoms with Crippen molar-refractivity contribution in [2.45, 2.75) is 17.7 Å². The number of pyridine rings is 1. The van der Waals surface area contributed by atoms with Gasteiger partial charge in [-0.2, -0.15) is 10.5 Å². The first-order chi connectivity index (χ1) is 10.1. The van der Waals surface area contributed by atoms with Gasteiger partial charge in [0.05, 0.1) is 11.1 Å². The number of nitriles is 2. The van der Waals surface area contributed by atoms with Crippen molar-refractivity contribution in [2.24, 2.45) is 0 Å². The lowest BCUT2D eigenvalue weighted by Crippen LogP contribution is -2.03. The third-order valence-corrected chi connectivity index (χ3v) is 4.53. The first kappa shape index (κ1) is 15.4. The zero-order valence-corrected chi connectivity index (χ0v) is 13.6. The molecule has 6 heteroatoms. The molecule has 0 aliphatic carbocycles. The lowest BCUT2D eigenvalue weighted by molar-refractivity contribution is 1.08. The summed E-state index contributed by atoms with van der Waals surface area (Å²) in [6.45, 7) is 1.72. The van der Waals surface area contributed by atoms with Crippen LogP contribution in [0.4, 0.5) is 5.82 Å². The molecule has 0 saturated heterocycles. The number of aromatic nitrogens is 1. The van der Waals surface area contributed by atoms with Gasteiger partial charge in [0.2, 0.25) is 0 Å². The summed E-state index contributed by atoms with van der Waals surface area (Å²) in [5.74, 6) is 0.854. The van der Waals surface area contributed by atoms with E-state index < -0.39 is 0 Å². The highest BCUT2D eigenvalue weighted by molar-refractivity contribution is 9.10. The minimum atomic E-state index is 0.173. The molecule has 2 N–H and O–H groups in total. The van der Waals surface area contributed by atoms with Gasteiger partial charge < -0.3 is 5.73 Å². The Morgan fingerprint density at radius 2 is 1.81 bits per heavy atom. The van der Waals surface area contributed by atoms with Gasteiger partial charge in [-0.3, -0.25) is 0 Å². The number of anilines is 1. The Kier molecular flexibility index (Phi) is 4.85. The summed E-state index contributed by atoms with van der Waals surface area (Å²) in [6, 6.07) is 12.0. The van der Waals surface area contributed by atoms with Crippen LogP contribution in [0.3, 0.4) is 0 Å². The predicted octanol–water partition coefficient (Wildman–Crippen LogP) is 3.77. The first-order valence-electron chi connectivity index (χ1n) is 6.04. The van der Waals surface area contributed by atoms with Crippen LogP contribution in [0, 0.1) is 29.6 Å². The summed E-state index contributed by atoms with van der Waals surface area (Å²) in [7, 11) is 0. The van der Waals surface area contributed by atoms with Gasteiger partial charge in [-0.15, -0.1) is 11.8 Å². The smallest absolute Gasteiger partial charge is 0.143 e. The van der Waals surface area contributed by atoms with Crippen LogP contribution in [-0.4, -0.2) is 4.98 Å². The van der Waals surface area contributed by atoms with Crippen molar-refractivity contribution in [3.63, 3.8) is 0 Å². The molecule has 0 atom stereocenters. The fraction of sp³-hybridized carbons (Fsp3) is 0.133. The molecule has 0 aliphatic rings. The zero-order chi connectivity index (χ0) is 15.4. The first-order valence-corrected chi connectivity index (χ1v) is 7.82. The van der Waals surface area contributed by atoms with Crippen molar-refractivity contribution >= 4 is 33.5 Å². The number of nitrogens with two attached hydrogens (primary N) is 1. The maximum Gasteiger partial charge on any atom is 0.143 e. The largest absolute Gasteiger partial charge is 0.383 e. The number of benzene rings is 1. The average Bonchev–Trinajstić information content (AvgIpc) is 2.47. The Morgan fingerprint density at radius 1 is 1.19 bits per heavy atom. The van der Waals surface area contributed by atoms with Gasteiger partial charge in [0.1, 0.15) is 23.0 Å². The molecule has 2 rings (SSSR count). The van der Waals surface area contributed by atoms with Crippen LogP contribution in [-0.2, 0) is 5.75 Å². The van der Waals surface area contributed by atoms with E-state index in [-0.39, 0.29) is 11.4 Å². The van der Waals surface area contributed by atoms with Crippen molar-refractivity contribution in [1.29, 1.82) is 10.5 Å². The van der Waals surface area contributed by atoms with E-state index in [0.29, 0.717) is 21.9 Å². The summed E-state index contributed by atoms with van der Waals surface area (Å²) in [5, 5.41) is 18.9. The fourth-order valence-electron chi connectivity index (χ4n) is 1.81. The maximum atomic E-state index is 9.28. The fourth-order valence-corrected chi connectivity index (χ4v) is 3.07.